The molecule has 0 atom stereocenters. The zero-order chi connectivity index (χ0) is 16.7. The molecule has 0 aromatic heterocycles. The summed E-state index contributed by atoms with van der Waals surface area (Å²) in [6.07, 6.45) is 6.29. The molecular formula is C18H21N3O3. The molecule has 0 bridgehead atoms. The number of benzene rings is 1. The molecule has 4 rings (SSSR count). The zero-order valence-electron chi connectivity index (χ0n) is 13.6. The van der Waals surface area contributed by atoms with Crippen LogP contribution in [0.25, 0.3) is 0 Å². The Morgan fingerprint density at radius 2 is 1.79 bits per heavy atom. The van der Waals surface area contributed by atoms with Crippen LogP contribution < -0.4 is 15.5 Å². The normalized spacial score (nSPS) is 19.3. The SMILES string of the molecule is O=C(Nc1cc2c3c(c1)CC(=O)N3CCC2)C(=O)NC1CCCC1. The van der Waals surface area contributed by atoms with E-state index in [1.807, 2.05) is 17.0 Å². The maximum Gasteiger partial charge on any atom is 0.313 e. The molecule has 126 valence electrons. The number of rotatable bonds is 2. The molecule has 0 radical (unpaired) electrons. The van der Waals surface area contributed by atoms with Crippen LogP contribution in [0.5, 0.6) is 0 Å². The first-order valence-electron chi connectivity index (χ1n) is 8.70. The van der Waals surface area contributed by atoms with Crippen molar-refractivity contribution in [3.63, 3.8) is 0 Å². The summed E-state index contributed by atoms with van der Waals surface area (Å²) in [5.74, 6) is -1.09. The van der Waals surface area contributed by atoms with Gasteiger partial charge < -0.3 is 15.5 Å². The Morgan fingerprint density at radius 1 is 1.04 bits per heavy atom. The lowest BCUT2D eigenvalue weighted by molar-refractivity contribution is -0.136. The van der Waals surface area contributed by atoms with Gasteiger partial charge in [-0.1, -0.05) is 12.8 Å². The van der Waals surface area contributed by atoms with Crippen molar-refractivity contribution >= 4 is 29.1 Å². The molecule has 1 aromatic rings. The van der Waals surface area contributed by atoms with Crippen LogP contribution in [0.1, 0.15) is 43.2 Å². The topological polar surface area (TPSA) is 78.5 Å². The number of carbonyl (C=O) groups is 3. The quantitative estimate of drug-likeness (QED) is 0.809. The molecular weight excluding hydrogens is 306 g/mol. The number of hydrogen-bond acceptors (Lipinski definition) is 3. The summed E-state index contributed by atoms with van der Waals surface area (Å²) in [4.78, 5) is 38.1. The summed E-state index contributed by atoms with van der Waals surface area (Å²) in [6, 6.07) is 3.84. The monoisotopic (exact) mass is 327 g/mol. The van der Waals surface area contributed by atoms with Crippen LogP contribution in [-0.4, -0.2) is 30.3 Å². The van der Waals surface area contributed by atoms with Crippen molar-refractivity contribution in [2.24, 2.45) is 0 Å². The van der Waals surface area contributed by atoms with Crippen molar-refractivity contribution in [2.75, 3.05) is 16.8 Å². The van der Waals surface area contributed by atoms with Gasteiger partial charge in [-0.15, -0.1) is 0 Å². The number of amides is 3. The zero-order valence-corrected chi connectivity index (χ0v) is 13.6. The van der Waals surface area contributed by atoms with Crippen LogP contribution >= 0.6 is 0 Å². The van der Waals surface area contributed by atoms with E-state index in [9.17, 15) is 14.4 Å². The number of nitrogens with zero attached hydrogens (tertiary/aromatic N) is 1. The van der Waals surface area contributed by atoms with Gasteiger partial charge >= 0.3 is 11.8 Å². The van der Waals surface area contributed by atoms with Crippen LogP contribution in [-0.2, 0) is 27.2 Å². The van der Waals surface area contributed by atoms with E-state index in [1.165, 1.54) is 0 Å². The third-order valence-electron chi connectivity index (χ3n) is 5.16. The summed E-state index contributed by atoms with van der Waals surface area (Å²) in [5, 5.41) is 5.48. The van der Waals surface area contributed by atoms with Crippen LogP contribution in [0.15, 0.2) is 12.1 Å². The molecule has 1 aliphatic carbocycles. The van der Waals surface area contributed by atoms with E-state index in [4.69, 9.17) is 0 Å². The molecule has 3 amide bonds. The molecule has 2 heterocycles. The van der Waals surface area contributed by atoms with Gasteiger partial charge in [0, 0.05) is 18.3 Å². The Morgan fingerprint density at radius 3 is 2.58 bits per heavy atom. The van der Waals surface area contributed by atoms with E-state index in [-0.39, 0.29) is 11.9 Å². The summed E-state index contributed by atoms with van der Waals surface area (Å²) in [6.45, 7) is 0.772. The predicted molar refractivity (Wildman–Crippen MR) is 89.8 cm³/mol. The largest absolute Gasteiger partial charge is 0.345 e. The summed E-state index contributed by atoms with van der Waals surface area (Å²) in [5.41, 5.74) is 3.64. The molecule has 1 aromatic carbocycles. The van der Waals surface area contributed by atoms with E-state index in [1.54, 1.807) is 0 Å². The van der Waals surface area contributed by atoms with E-state index in [0.29, 0.717) is 12.1 Å². The lowest BCUT2D eigenvalue weighted by Gasteiger charge is -2.26. The van der Waals surface area contributed by atoms with Gasteiger partial charge in [0.25, 0.3) is 0 Å². The summed E-state index contributed by atoms with van der Waals surface area (Å²) < 4.78 is 0. The Kier molecular flexibility index (Phi) is 3.75. The number of anilines is 2. The highest BCUT2D eigenvalue weighted by molar-refractivity contribution is 6.39. The first kappa shape index (κ1) is 15.2. The van der Waals surface area contributed by atoms with Crippen LogP contribution in [0, 0.1) is 0 Å². The average Bonchev–Trinajstić information content (AvgIpc) is 3.17. The predicted octanol–water partition coefficient (Wildman–Crippen LogP) is 1.52. The standard InChI is InChI=1S/C18H21N3O3/c22-15-10-12-9-14(8-11-4-3-7-21(15)16(11)12)20-18(24)17(23)19-13-5-1-2-6-13/h8-9,13H,1-7,10H2,(H,19,23)(H,20,24). The molecule has 0 spiro atoms. The van der Waals surface area contributed by atoms with Gasteiger partial charge in [0.15, 0.2) is 0 Å². The fourth-order valence-corrected chi connectivity index (χ4v) is 4.06. The van der Waals surface area contributed by atoms with Gasteiger partial charge in [0.1, 0.15) is 0 Å². The number of hydrogen-bond donors (Lipinski definition) is 2. The van der Waals surface area contributed by atoms with Crippen molar-refractivity contribution in [3.05, 3.63) is 23.3 Å². The molecule has 0 unspecified atom stereocenters. The highest BCUT2D eigenvalue weighted by atomic mass is 16.2. The van der Waals surface area contributed by atoms with Crippen LogP contribution in [0.4, 0.5) is 11.4 Å². The van der Waals surface area contributed by atoms with Gasteiger partial charge in [-0.2, -0.15) is 0 Å². The van der Waals surface area contributed by atoms with Crippen LogP contribution in [0.3, 0.4) is 0 Å². The van der Waals surface area contributed by atoms with Gasteiger partial charge in [0.05, 0.1) is 12.1 Å². The number of aryl methyl sites for hydroxylation is 1. The fraction of sp³-hybridized carbons (Fsp3) is 0.500. The Labute approximate surface area is 140 Å². The Bertz CT molecular complexity index is 722. The van der Waals surface area contributed by atoms with Crippen molar-refractivity contribution in [3.8, 4) is 0 Å². The van der Waals surface area contributed by atoms with Crippen molar-refractivity contribution in [1.29, 1.82) is 0 Å². The van der Waals surface area contributed by atoms with Crippen molar-refractivity contribution in [2.45, 2.75) is 51.0 Å². The van der Waals surface area contributed by atoms with E-state index in [2.05, 4.69) is 10.6 Å². The molecule has 24 heavy (non-hydrogen) atoms. The minimum Gasteiger partial charge on any atom is -0.345 e. The smallest absolute Gasteiger partial charge is 0.313 e. The molecule has 1 saturated carbocycles. The van der Waals surface area contributed by atoms with E-state index >= 15 is 0 Å². The highest BCUT2D eigenvalue weighted by Gasteiger charge is 2.32. The first-order valence-corrected chi connectivity index (χ1v) is 8.70. The third kappa shape index (κ3) is 2.66. The lowest BCUT2D eigenvalue weighted by atomic mass is 9.99. The lowest BCUT2D eigenvalue weighted by Crippen LogP contribution is -2.40. The first-order chi connectivity index (χ1) is 11.6. The Balaban J connectivity index is 1.49. The second kappa shape index (κ2) is 5.92. The van der Waals surface area contributed by atoms with Crippen molar-refractivity contribution < 1.29 is 14.4 Å². The summed E-state index contributed by atoms with van der Waals surface area (Å²) in [7, 11) is 0. The minimum absolute atomic E-state index is 0.119. The van der Waals surface area contributed by atoms with Gasteiger partial charge in [-0.3, -0.25) is 14.4 Å². The molecule has 2 aliphatic heterocycles. The van der Waals surface area contributed by atoms with Gasteiger partial charge in [-0.25, -0.2) is 0 Å². The van der Waals surface area contributed by atoms with E-state index < -0.39 is 11.8 Å². The molecule has 6 heteroatoms. The average molecular weight is 327 g/mol. The highest BCUT2D eigenvalue weighted by Crippen LogP contribution is 2.38. The molecule has 2 N–H and O–H groups in total. The van der Waals surface area contributed by atoms with E-state index in [0.717, 1.165) is 61.9 Å². The molecule has 6 nitrogen and oxygen atoms in total. The number of carbonyl (C=O) groups excluding carboxylic acids is 3. The minimum atomic E-state index is -0.633. The molecule has 0 saturated heterocycles. The molecule has 1 fully saturated rings. The van der Waals surface area contributed by atoms with Gasteiger partial charge in [0.2, 0.25) is 5.91 Å². The number of nitrogens with one attached hydrogen (secondary N) is 2. The maximum atomic E-state index is 12.1. The third-order valence-corrected chi connectivity index (χ3v) is 5.16. The second-order valence-corrected chi connectivity index (χ2v) is 6.88. The maximum absolute atomic E-state index is 12.1. The fourth-order valence-electron chi connectivity index (χ4n) is 4.06. The summed E-state index contributed by atoms with van der Waals surface area (Å²) >= 11 is 0. The second-order valence-electron chi connectivity index (χ2n) is 6.88. The molecule has 3 aliphatic rings. The van der Waals surface area contributed by atoms with Crippen molar-refractivity contribution in [1.82, 2.24) is 5.32 Å². The van der Waals surface area contributed by atoms with Crippen LogP contribution in [0.2, 0.25) is 0 Å². The Hall–Kier alpha value is -2.37. The van der Waals surface area contributed by atoms with Gasteiger partial charge in [-0.05, 0) is 48.9 Å².